The molecule has 1 fully saturated rings. The lowest BCUT2D eigenvalue weighted by atomic mass is 10.1. The summed E-state index contributed by atoms with van der Waals surface area (Å²) in [5.41, 5.74) is 2.97. The van der Waals surface area contributed by atoms with Gasteiger partial charge in [-0.1, -0.05) is 12.8 Å². The number of hydrogen-bond donors (Lipinski definition) is 2. The topological polar surface area (TPSA) is 71.8 Å². The van der Waals surface area contributed by atoms with Gasteiger partial charge in [0.2, 0.25) is 0 Å². The Labute approximate surface area is 129 Å². The van der Waals surface area contributed by atoms with Gasteiger partial charge < -0.3 is 10.6 Å². The molecule has 0 aromatic carbocycles. The summed E-state index contributed by atoms with van der Waals surface area (Å²) in [6.07, 6.45) is 9.93. The smallest absolute Gasteiger partial charge is 0.315 e. The molecule has 22 heavy (non-hydrogen) atoms. The average Bonchev–Trinajstić information content (AvgIpc) is 3.17. The number of aromatic nitrogens is 3. The summed E-state index contributed by atoms with van der Waals surface area (Å²) >= 11 is 0. The standard InChI is InChI=1S/C16H21N5O/c1-21-15(6-7-19-21)13-8-12(9-17-11-13)10-18-16(22)20-14-4-2-3-5-14/h6-9,11,14H,2-5,10H2,1H3,(H2,18,20,22). The predicted molar refractivity (Wildman–Crippen MR) is 84.1 cm³/mol. The minimum absolute atomic E-state index is 0.0992. The molecular formula is C16H21N5O. The molecule has 1 saturated carbocycles. The number of rotatable bonds is 4. The van der Waals surface area contributed by atoms with E-state index in [9.17, 15) is 4.79 Å². The van der Waals surface area contributed by atoms with Crippen LogP contribution in [-0.2, 0) is 13.6 Å². The van der Waals surface area contributed by atoms with Gasteiger partial charge in [0, 0.05) is 43.8 Å². The van der Waals surface area contributed by atoms with Crippen molar-refractivity contribution in [2.75, 3.05) is 0 Å². The number of amides is 2. The number of nitrogens with zero attached hydrogens (tertiary/aromatic N) is 3. The first-order chi connectivity index (χ1) is 10.7. The fourth-order valence-electron chi connectivity index (χ4n) is 2.87. The minimum Gasteiger partial charge on any atom is -0.335 e. The van der Waals surface area contributed by atoms with E-state index >= 15 is 0 Å². The number of carbonyl (C=O) groups excluding carboxylic acids is 1. The molecule has 2 heterocycles. The fraction of sp³-hybridized carbons (Fsp3) is 0.438. The van der Waals surface area contributed by atoms with E-state index in [4.69, 9.17) is 0 Å². The van der Waals surface area contributed by atoms with Crippen molar-refractivity contribution in [1.29, 1.82) is 0 Å². The second-order valence-electron chi connectivity index (χ2n) is 5.73. The average molecular weight is 299 g/mol. The molecule has 3 rings (SSSR count). The maximum absolute atomic E-state index is 11.9. The molecule has 0 radical (unpaired) electrons. The molecule has 0 atom stereocenters. The summed E-state index contributed by atoms with van der Waals surface area (Å²) in [5.74, 6) is 0. The van der Waals surface area contributed by atoms with Crippen molar-refractivity contribution in [2.24, 2.45) is 7.05 Å². The molecule has 116 valence electrons. The number of urea groups is 1. The van der Waals surface area contributed by atoms with Crippen LogP contribution >= 0.6 is 0 Å². The molecule has 2 N–H and O–H groups in total. The van der Waals surface area contributed by atoms with E-state index in [2.05, 4.69) is 20.7 Å². The van der Waals surface area contributed by atoms with Gasteiger partial charge in [-0.25, -0.2) is 4.79 Å². The minimum atomic E-state index is -0.0992. The van der Waals surface area contributed by atoms with Gasteiger partial charge in [0.25, 0.3) is 0 Å². The van der Waals surface area contributed by atoms with E-state index in [1.807, 2.05) is 19.2 Å². The largest absolute Gasteiger partial charge is 0.335 e. The Morgan fingerprint density at radius 3 is 2.91 bits per heavy atom. The highest BCUT2D eigenvalue weighted by molar-refractivity contribution is 5.74. The van der Waals surface area contributed by atoms with Gasteiger partial charge in [0.15, 0.2) is 0 Å². The molecular weight excluding hydrogens is 278 g/mol. The molecule has 0 aliphatic heterocycles. The first kappa shape index (κ1) is 14.6. The van der Waals surface area contributed by atoms with E-state index in [0.717, 1.165) is 29.7 Å². The Morgan fingerprint density at radius 1 is 1.36 bits per heavy atom. The Balaban J connectivity index is 1.58. The van der Waals surface area contributed by atoms with Gasteiger partial charge in [-0.2, -0.15) is 5.10 Å². The molecule has 1 aliphatic rings. The van der Waals surface area contributed by atoms with Crippen molar-refractivity contribution in [2.45, 2.75) is 38.3 Å². The van der Waals surface area contributed by atoms with Gasteiger partial charge in [-0.05, 0) is 30.5 Å². The van der Waals surface area contributed by atoms with Crippen LogP contribution in [0.1, 0.15) is 31.2 Å². The van der Waals surface area contributed by atoms with Crippen LogP contribution in [0.5, 0.6) is 0 Å². The molecule has 0 bridgehead atoms. The monoisotopic (exact) mass is 299 g/mol. The van der Waals surface area contributed by atoms with E-state index in [0.29, 0.717) is 12.6 Å². The van der Waals surface area contributed by atoms with E-state index in [1.54, 1.807) is 23.3 Å². The third kappa shape index (κ3) is 3.44. The summed E-state index contributed by atoms with van der Waals surface area (Å²) in [5, 5.41) is 10.1. The van der Waals surface area contributed by atoms with Crippen LogP contribution in [0, 0.1) is 0 Å². The van der Waals surface area contributed by atoms with Crippen molar-refractivity contribution >= 4 is 6.03 Å². The fourth-order valence-corrected chi connectivity index (χ4v) is 2.87. The summed E-state index contributed by atoms with van der Waals surface area (Å²) in [6.45, 7) is 0.469. The zero-order chi connectivity index (χ0) is 15.4. The Bertz CT molecular complexity index is 645. The van der Waals surface area contributed by atoms with Crippen LogP contribution in [0.15, 0.2) is 30.7 Å². The molecule has 2 amide bonds. The van der Waals surface area contributed by atoms with E-state index < -0.39 is 0 Å². The van der Waals surface area contributed by atoms with E-state index in [-0.39, 0.29) is 6.03 Å². The molecule has 2 aromatic heterocycles. The molecule has 0 spiro atoms. The molecule has 0 unspecified atom stereocenters. The van der Waals surface area contributed by atoms with Gasteiger partial charge in [0.05, 0.1) is 5.69 Å². The lowest BCUT2D eigenvalue weighted by Gasteiger charge is -2.13. The van der Waals surface area contributed by atoms with Gasteiger partial charge in [0.1, 0.15) is 0 Å². The van der Waals surface area contributed by atoms with Crippen LogP contribution in [-0.4, -0.2) is 26.8 Å². The zero-order valence-electron chi connectivity index (χ0n) is 12.7. The summed E-state index contributed by atoms with van der Waals surface area (Å²) in [6, 6.07) is 4.21. The number of nitrogens with one attached hydrogen (secondary N) is 2. The number of carbonyl (C=O) groups is 1. The lowest BCUT2D eigenvalue weighted by Crippen LogP contribution is -2.40. The third-order valence-corrected chi connectivity index (χ3v) is 4.06. The Morgan fingerprint density at radius 2 is 2.18 bits per heavy atom. The molecule has 0 saturated heterocycles. The van der Waals surface area contributed by atoms with Crippen molar-refractivity contribution in [1.82, 2.24) is 25.4 Å². The highest BCUT2D eigenvalue weighted by atomic mass is 16.2. The van der Waals surface area contributed by atoms with Crippen LogP contribution in [0.4, 0.5) is 4.79 Å². The van der Waals surface area contributed by atoms with Crippen LogP contribution < -0.4 is 10.6 Å². The highest BCUT2D eigenvalue weighted by Gasteiger charge is 2.16. The first-order valence-electron chi connectivity index (χ1n) is 7.69. The lowest BCUT2D eigenvalue weighted by molar-refractivity contribution is 0.236. The van der Waals surface area contributed by atoms with Crippen molar-refractivity contribution in [3.05, 3.63) is 36.3 Å². The molecule has 1 aliphatic carbocycles. The van der Waals surface area contributed by atoms with Crippen molar-refractivity contribution in [3.63, 3.8) is 0 Å². The van der Waals surface area contributed by atoms with Crippen molar-refractivity contribution < 1.29 is 4.79 Å². The Hall–Kier alpha value is -2.37. The van der Waals surface area contributed by atoms with Gasteiger partial charge in [-0.15, -0.1) is 0 Å². The molecule has 6 heteroatoms. The quantitative estimate of drug-likeness (QED) is 0.909. The van der Waals surface area contributed by atoms with Crippen molar-refractivity contribution in [3.8, 4) is 11.3 Å². The highest BCUT2D eigenvalue weighted by Crippen LogP contribution is 2.18. The maximum Gasteiger partial charge on any atom is 0.315 e. The summed E-state index contributed by atoms with van der Waals surface area (Å²) < 4.78 is 1.81. The number of hydrogen-bond acceptors (Lipinski definition) is 3. The zero-order valence-corrected chi connectivity index (χ0v) is 12.7. The van der Waals surface area contributed by atoms with Gasteiger partial charge in [-0.3, -0.25) is 9.67 Å². The SMILES string of the molecule is Cn1nccc1-c1cncc(CNC(=O)NC2CCCC2)c1. The summed E-state index contributed by atoms with van der Waals surface area (Å²) in [7, 11) is 1.90. The van der Waals surface area contributed by atoms with E-state index in [1.165, 1.54) is 12.8 Å². The maximum atomic E-state index is 11.9. The molecule has 2 aromatic rings. The number of aryl methyl sites for hydroxylation is 1. The van der Waals surface area contributed by atoms with Gasteiger partial charge >= 0.3 is 6.03 Å². The third-order valence-electron chi connectivity index (χ3n) is 4.06. The Kier molecular flexibility index (Phi) is 4.37. The summed E-state index contributed by atoms with van der Waals surface area (Å²) in [4.78, 5) is 16.1. The van der Waals surface area contributed by atoms with Crippen LogP contribution in [0.3, 0.4) is 0 Å². The van der Waals surface area contributed by atoms with Crippen LogP contribution in [0.2, 0.25) is 0 Å². The van der Waals surface area contributed by atoms with Crippen LogP contribution in [0.25, 0.3) is 11.3 Å². The number of pyridine rings is 1. The normalized spacial score (nSPS) is 15.0. The second kappa shape index (κ2) is 6.60. The first-order valence-corrected chi connectivity index (χ1v) is 7.69. The predicted octanol–water partition coefficient (Wildman–Crippen LogP) is 2.22. The second-order valence-corrected chi connectivity index (χ2v) is 5.73. The molecule has 6 nitrogen and oxygen atoms in total.